The first-order valence-corrected chi connectivity index (χ1v) is 8.00. The van der Waals surface area contributed by atoms with Crippen molar-refractivity contribution in [3.63, 3.8) is 0 Å². The van der Waals surface area contributed by atoms with E-state index in [2.05, 4.69) is 31.9 Å². The number of rotatable bonds is 6. The molecule has 21 heavy (non-hydrogen) atoms. The van der Waals surface area contributed by atoms with Gasteiger partial charge in [0.2, 0.25) is 0 Å². The van der Waals surface area contributed by atoms with Gasteiger partial charge in [0.25, 0.3) is 0 Å². The smallest absolute Gasteiger partial charge is 0.441 e. The number of halogens is 5. The van der Waals surface area contributed by atoms with Crippen LogP contribution in [0, 0.1) is 0 Å². The molecule has 1 aromatic carbocycles. The lowest BCUT2D eigenvalue weighted by atomic mass is 10.2. The summed E-state index contributed by atoms with van der Waals surface area (Å²) in [6, 6.07) is 3.22. The fourth-order valence-electron chi connectivity index (χ4n) is 1.28. The molecule has 0 bridgehead atoms. The highest BCUT2D eigenvalue weighted by Gasteiger charge is 2.27. The molecule has 0 saturated heterocycles. The van der Waals surface area contributed by atoms with Crippen LogP contribution < -0.4 is 4.74 Å². The maximum absolute atomic E-state index is 12.0. The maximum Gasteiger partial charge on any atom is 0.441 e. The second kappa shape index (κ2) is 8.09. The lowest BCUT2D eigenvalue weighted by molar-refractivity contribution is -0.131. The second-order valence-corrected chi connectivity index (χ2v) is 6.50. The molecule has 1 rings (SSSR count). The Balaban J connectivity index is 2.70. The summed E-state index contributed by atoms with van der Waals surface area (Å²) >= 11 is 6.31. The van der Waals surface area contributed by atoms with Crippen molar-refractivity contribution in [2.75, 3.05) is 12.4 Å². The molecule has 0 heterocycles. The van der Waals surface area contributed by atoms with Gasteiger partial charge in [0, 0.05) is 11.8 Å². The lowest BCUT2D eigenvalue weighted by Crippen LogP contribution is -2.08. The summed E-state index contributed by atoms with van der Waals surface area (Å²) in [4.78, 5) is 10.4. The fraction of sp³-hybridized carbons (Fsp3) is 0.250. The van der Waals surface area contributed by atoms with E-state index in [9.17, 15) is 18.0 Å². The molecular weight excluding hydrogens is 441 g/mol. The number of carboxylic acid groups (broad SMARTS) is 1. The molecule has 9 heteroatoms. The fourth-order valence-corrected chi connectivity index (χ4v) is 3.13. The number of thioether (sulfide) groups is 1. The first-order valence-electron chi connectivity index (χ1n) is 5.42. The Morgan fingerprint density at radius 3 is 2.38 bits per heavy atom. The number of hydrogen-bond acceptors (Lipinski definition) is 3. The van der Waals surface area contributed by atoms with E-state index < -0.39 is 11.5 Å². The van der Waals surface area contributed by atoms with E-state index in [-0.39, 0.29) is 24.1 Å². The second-order valence-electron chi connectivity index (χ2n) is 3.63. The molecule has 0 unspecified atom stereocenters. The number of benzene rings is 1. The third kappa shape index (κ3) is 7.23. The summed E-state index contributed by atoms with van der Waals surface area (Å²) in [5.74, 6) is -0.930. The summed E-state index contributed by atoms with van der Waals surface area (Å²) in [5, 5.41) is 8.55. The van der Waals surface area contributed by atoms with Gasteiger partial charge in [0.15, 0.2) is 0 Å². The average Bonchev–Trinajstić information content (AvgIpc) is 2.33. The van der Waals surface area contributed by atoms with Gasteiger partial charge in [-0.25, -0.2) is 4.79 Å². The average molecular weight is 450 g/mol. The van der Waals surface area contributed by atoms with E-state index in [1.54, 1.807) is 12.1 Å². The van der Waals surface area contributed by atoms with Crippen LogP contribution >= 0.6 is 43.6 Å². The third-order valence-electron chi connectivity index (χ3n) is 2.03. The Labute approximate surface area is 139 Å². The van der Waals surface area contributed by atoms with Gasteiger partial charge in [-0.15, -0.1) is 0 Å². The molecule has 0 atom stereocenters. The van der Waals surface area contributed by atoms with E-state index in [0.717, 1.165) is 6.08 Å². The molecule has 1 aromatic rings. The summed E-state index contributed by atoms with van der Waals surface area (Å²) < 4.78 is 42.2. The number of alkyl halides is 3. The molecule has 0 aliphatic carbocycles. The summed E-state index contributed by atoms with van der Waals surface area (Å²) in [5.41, 5.74) is -3.67. The lowest BCUT2D eigenvalue weighted by Gasteiger charge is -2.12. The zero-order valence-electron chi connectivity index (χ0n) is 10.3. The Morgan fingerprint density at radius 2 is 1.90 bits per heavy atom. The molecule has 0 aliphatic rings. The van der Waals surface area contributed by atoms with Crippen LogP contribution in [-0.2, 0) is 4.79 Å². The standard InChI is InChI=1S/C12H9Br2F3O3S/c13-8-5-7(1-2-10(18)19)6-9(14)11(8)20-3-4-21-12(15,16)17/h1-2,5-6H,3-4H2,(H,18,19)/b2-1+. The van der Waals surface area contributed by atoms with Gasteiger partial charge in [-0.1, -0.05) is 0 Å². The van der Waals surface area contributed by atoms with Gasteiger partial charge in [-0.3, -0.25) is 0 Å². The Kier molecular flexibility index (Phi) is 7.08. The predicted octanol–water partition coefficient (Wildman–Crippen LogP) is 4.94. The van der Waals surface area contributed by atoms with Crippen molar-refractivity contribution >= 4 is 55.7 Å². The van der Waals surface area contributed by atoms with Gasteiger partial charge < -0.3 is 9.84 Å². The number of carbonyl (C=O) groups is 1. The minimum absolute atomic E-state index is 0.105. The highest BCUT2D eigenvalue weighted by atomic mass is 79.9. The van der Waals surface area contributed by atoms with Gasteiger partial charge in [0.05, 0.1) is 15.6 Å². The summed E-state index contributed by atoms with van der Waals surface area (Å²) in [6.07, 6.45) is 2.37. The molecule has 0 aromatic heterocycles. The minimum atomic E-state index is -4.27. The first-order chi connectivity index (χ1) is 9.69. The van der Waals surface area contributed by atoms with E-state index >= 15 is 0 Å². The van der Waals surface area contributed by atoms with E-state index in [1.165, 1.54) is 6.08 Å². The molecule has 1 N–H and O–H groups in total. The molecule has 116 valence electrons. The Morgan fingerprint density at radius 1 is 1.33 bits per heavy atom. The number of ether oxygens (including phenoxy) is 1. The molecule has 0 saturated carbocycles. The van der Waals surface area contributed by atoms with Crippen molar-refractivity contribution in [3.8, 4) is 5.75 Å². The Bertz CT molecular complexity index is 524. The molecule has 0 amide bonds. The SMILES string of the molecule is O=C(O)/C=C/c1cc(Br)c(OCCSC(F)(F)F)c(Br)c1. The van der Waals surface area contributed by atoms with Crippen molar-refractivity contribution in [3.05, 3.63) is 32.7 Å². The normalized spacial score (nSPS) is 11.9. The number of carboxylic acids is 1. The van der Waals surface area contributed by atoms with Crippen LogP contribution in [0.3, 0.4) is 0 Å². The van der Waals surface area contributed by atoms with Crippen molar-refractivity contribution in [2.45, 2.75) is 5.51 Å². The molecular formula is C12H9Br2F3O3S. The number of aliphatic carboxylic acids is 1. The molecule has 0 aliphatic heterocycles. The molecule has 0 spiro atoms. The van der Waals surface area contributed by atoms with Gasteiger partial charge >= 0.3 is 11.5 Å². The molecule has 3 nitrogen and oxygen atoms in total. The van der Waals surface area contributed by atoms with Crippen LogP contribution in [0.25, 0.3) is 6.08 Å². The zero-order chi connectivity index (χ0) is 16.0. The Hall–Kier alpha value is -0.670. The maximum atomic E-state index is 12.0. The van der Waals surface area contributed by atoms with Crippen LogP contribution in [0.4, 0.5) is 13.2 Å². The van der Waals surface area contributed by atoms with Gasteiger partial charge in [-0.05, 0) is 67.4 Å². The van der Waals surface area contributed by atoms with Crippen molar-refractivity contribution < 1.29 is 27.8 Å². The highest BCUT2D eigenvalue weighted by Crippen LogP contribution is 2.36. The monoisotopic (exact) mass is 448 g/mol. The predicted molar refractivity (Wildman–Crippen MR) is 82.5 cm³/mol. The quantitative estimate of drug-likeness (QED) is 0.493. The van der Waals surface area contributed by atoms with Gasteiger partial charge in [0.1, 0.15) is 5.75 Å². The highest BCUT2D eigenvalue weighted by molar-refractivity contribution is 9.11. The van der Waals surface area contributed by atoms with Crippen molar-refractivity contribution in [2.24, 2.45) is 0 Å². The van der Waals surface area contributed by atoms with Crippen LogP contribution in [0.2, 0.25) is 0 Å². The third-order valence-corrected chi connectivity index (χ3v) is 3.91. The van der Waals surface area contributed by atoms with Crippen molar-refractivity contribution in [1.29, 1.82) is 0 Å². The van der Waals surface area contributed by atoms with E-state index in [0.29, 0.717) is 20.3 Å². The van der Waals surface area contributed by atoms with Crippen LogP contribution in [0.5, 0.6) is 5.75 Å². The van der Waals surface area contributed by atoms with E-state index in [4.69, 9.17) is 9.84 Å². The molecule has 0 radical (unpaired) electrons. The van der Waals surface area contributed by atoms with Crippen molar-refractivity contribution in [1.82, 2.24) is 0 Å². The summed E-state index contributed by atoms with van der Waals surface area (Å²) in [7, 11) is 0. The minimum Gasteiger partial charge on any atom is -0.490 e. The topological polar surface area (TPSA) is 46.5 Å². The van der Waals surface area contributed by atoms with Crippen LogP contribution in [0.1, 0.15) is 5.56 Å². The zero-order valence-corrected chi connectivity index (χ0v) is 14.3. The molecule has 0 fully saturated rings. The van der Waals surface area contributed by atoms with E-state index in [1.807, 2.05) is 0 Å². The van der Waals surface area contributed by atoms with Crippen LogP contribution in [0.15, 0.2) is 27.2 Å². The first kappa shape index (κ1) is 18.4. The number of hydrogen-bond donors (Lipinski definition) is 1. The van der Waals surface area contributed by atoms with Gasteiger partial charge in [-0.2, -0.15) is 13.2 Å². The largest absolute Gasteiger partial charge is 0.490 e. The summed E-state index contributed by atoms with van der Waals surface area (Å²) in [6.45, 7) is -0.105. The van der Waals surface area contributed by atoms with Crippen LogP contribution in [-0.4, -0.2) is 28.9 Å².